The number of carbonyl (C=O) groups is 1. The van der Waals surface area contributed by atoms with Crippen LogP contribution >= 0.6 is 11.3 Å². The minimum Gasteiger partial charge on any atom is -0.343 e. The van der Waals surface area contributed by atoms with Gasteiger partial charge < -0.3 is 9.88 Å². The van der Waals surface area contributed by atoms with Crippen LogP contribution < -0.4 is 5.32 Å². The lowest BCUT2D eigenvalue weighted by atomic mass is 10.2. The summed E-state index contributed by atoms with van der Waals surface area (Å²) in [6, 6.07) is 15.9. The van der Waals surface area contributed by atoms with E-state index in [9.17, 15) is 4.79 Å². The maximum absolute atomic E-state index is 12.5. The summed E-state index contributed by atoms with van der Waals surface area (Å²) in [6.07, 6.45) is 0. The fraction of sp³-hybridized carbons (Fsp3) is 0.190. The molecule has 2 heterocycles. The zero-order chi connectivity index (χ0) is 17.6. The summed E-state index contributed by atoms with van der Waals surface area (Å²) in [5, 5.41) is 4.96. The van der Waals surface area contributed by atoms with E-state index >= 15 is 0 Å². The number of thiophene rings is 1. The molecule has 25 heavy (non-hydrogen) atoms. The standard InChI is InChI=1S/C21H20N2OS/c1-16-14-20(17(2)23(16)15-19-11-7-13-25-19)21(24)22-12-6-10-18-8-4-3-5-9-18/h3-5,7-9,11,13-14H,12,15H2,1-2H3,(H,22,24). The van der Waals surface area contributed by atoms with Crippen LogP contribution in [0.3, 0.4) is 0 Å². The van der Waals surface area contributed by atoms with Gasteiger partial charge in [-0.1, -0.05) is 36.1 Å². The Morgan fingerprint density at radius 2 is 1.96 bits per heavy atom. The van der Waals surface area contributed by atoms with Crippen molar-refractivity contribution in [2.45, 2.75) is 20.4 Å². The third kappa shape index (κ3) is 4.20. The SMILES string of the molecule is Cc1cc(C(=O)NCC#Cc2ccccc2)c(C)n1Cc1cccs1. The molecule has 3 rings (SSSR count). The Morgan fingerprint density at radius 3 is 2.68 bits per heavy atom. The molecule has 0 saturated heterocycles. The summed E-state index contributed by atoms with van der Waals surface area (Å²) < 4.78 is 2.18. The molecule has 2 aromatic heterocycles. The molecule has 3 nitrogen and oxygen atoms in total. The largest absolute Gasteiger partial charge is 0.343 e. The van der Waals surface area contributed by atoms with Crippen molar-refractivity contribution >= 4 is 17.2 Å². The van der Waals surface area contributed by atoms with Crippen molar-refractivity contribution in [3.63, 3.8) is 0 Å². The smallest absolute Gasteiger partial charge is 0.253 e. The predicted octanol–water partition coefficient (Wildman–Crippen LogP) is 4.00. The summed E-state index contributed by atoms with van der Waals surface area (Å²) in [6.45, 7) is 5.16. The third-order valence-corrected chi connectivity index (χ3v) is 4.92. The zero-order valence-electron chi connectivity index (χ0n) is 14.4. The maximum atomic E-state index is 12.5. The molecule has 1 N–H and O–H groups in total. The molecule has 0 unspecified atom stereocenters. The number of rotatable bonds is 4. The topological polar surface area (TPSA) is 34.0 Å². The molecule has 0 fully saturated rings. The molecule has 0 bridgehead atoms. The molecule has 126 valence electrons. The van der Waals surface area contributed by atoms with E-state index in [0.717, 1.165) is 29.1 Å². The molecule has 1 amide bonds. The average Bonchev–Trinajstić information content (AvgIpc) is 3.23. The Hall–Kier alpha value is -2.77. The van der Waals surface area contributed by atoms with Gasteiger partial charge in [0.1, 0.15) is 0 Å². The first kappa shape index (κ1) is 17.1. The molecule has 0 saturated carbocycles. The number of aryl methyl sites for hydroxylation is 1. The highest BCUT2D eigenvalue weighted by Gasteiger charge is 2.15. The highest BCUT2D eigenvalue weighted by atomic mass is 32.1. The van der Waals surface area contributed by atoms with Crippen molar-refractivity contribution in [3.05, 3.63) is 81.3 Å². The van der Waals surface area contributed by atoms with Crippen molar-refractivity contribution in [1.29, 1.82) is 0 Å². The van der Waals surface area contributed by atoms with Gasteiger partial charge in [0.2, 0.25) is 0 Å². The molecule has 0 aliphatic rings. The van der Waals surface area contributed by atoms with Crippen molar-refractivity contribution in [3.8, 4) is 11.8 Å². The fourth-order valence-corrected chi connectivity index (χ4v) is 3.41. The van der Waals surface area contributed by atoms with E-state index in [2.05, 4.69) is 33.2 Å². The van der Waals surface area contributed by atoms with Gasteiger partial charge in [0.15, 0.2) is 0 Å². The molecule has 0 atom stereocenters. The number of nitrogens with one attached hydrogen (secondary N) is 1. The molecule has 3 aromatic rings. The van der Waals surface area contributed by atoms with E-state index in [1.165, 1.54) is 4.88 Å². The molecular formula is C21H20N2OS. The second-order valence-corrected chi connectivity index (χ2v) is 6.83. The third-order valence-electron chi connectivity index (χ3n) is 4.06. The van der Waals surface area contributed by atoms with Crippen molar-refractivity contribution in [1.82, 2.24) is 9.88 Å². The number of carbonyl (C=O) groups excluding carboxylic acids is 1. The fourth-order valence-electron chi connectivity index (χ4n) is 2.72. The second-order valence-electron chi connectivity index (χ2n) is 5.80. The van der Waals surface area contributed by atoms with Gasteiger partial charge in [-0.25, -0.2) is 0 Å². The minimum absolute atomic E-state index is 0.0760. The van der Waals surface area contributed by atoms with Crippen LogP contribution in [0, 0.1) is 25.7 Å². The molecule has 0 spiro atoms. The first-order valence-electron chi connectivity index (χ1n) is 8.16. The Morgan fingerprint density at radius 1 is 1.16 bits per heavy atom. The Kier molecular flexibility index (Phi) is 5.37. The van der Waals surface area contributed by atoms with Crippen molar-refractivity contribution in [2.75, 3.05) is 6.54 Å². The van der Waals surface area contributed by atoms with E-state index in [1.54, 1.807) is 11.3 Å². The van der Waals surface area contributed by atoms with E-state index in [-0.39, 0.29) is 5.91 Å². The van der Waals surface area contributed by atoms with E-state index < -0.39 is 0 Å². The lowest BCUT2D eigenvalue weighted by Crippen LogP contribution is -2.24. The highest BCUT2D eigenvalue weighted by molar-refractivity contribution is 7.09. The normalized spacial score (nSPS) is 10.2. The van der Waals surface area contributed by atoms with Gasteiger partial charge >= 0.3 is 0 Å². The lowest BCUT2D eigenvalue weighted by Gasteiger charge is -2.08. The van der Waals surface area contributed by atoms with Crippen LogP contribution in [0.25, 0.3) is 0 Å². The number of hydrogen-bond acceptors (Lipinski definition) is 2. The van der Waals surface area contributed by atoms with E-state index in [0.29, 0.717) is 6.54 Å². The molecule has 0 aliphatic carbocycles. The van der Waals surface area contributed by atoms with Gasteiger partial charge in [0.05, 0.1) is 18.7 Å². The molecule has 1 aromatic carbocycles. The van der Waals surface area contributed by atoms with E-state index in [4.69, 9.17) is 0 Å². The lowest BCUT2D eigenvalue weighted by molar-refractivity contribution is 0.0958. The van der Waals surface area contributed by atoms with Gasteiger partial charge in [0, 0.05) is 21.8 Å². The van der Waals surface area contributed by atoms with Gasteiger partial charge in [-0.2, -0.15) is 0 Å². The van der Waals surface area contributed by atoms with Crippen LogP contribution in [0.1, 0.15) is 32.2 Å². The van der Waals surface area contributed by atoms with Crippen LogP contribution in [0.5, 0.6) is 0 Å². The van der Waals surface area contributed by atoms with Gasteiger partial charge in [-0.3, -0.25) is 4.79 Å². The van der Waals surface area contributed by atoms with Gasteiger partial charge in [-0.05, 0) is 43.5 Å². The van der Waals surface area contributed by atoms with Crippen molar-refractivity contribution < 1.29 is 4.79 Å². The van der Waals surface area contributed by atoms with Gasteiger partial charge in [-0.15, -0.1) is 11.3 Å². The van der Waals surface area contributed by atoms with Gasteiger partial charge in [0.25, 0.3) is 5.91 Å². The number of benzene rings is 1. The quantitative estimate of drug-likeness (QED) is 0.711. The number of aromatic nitrogens is 1. The van der Waals surface area contributed by atoms with E-state index in [1.807, 2.05) is 56.3 Å². The second kappa shape index (κ2) is 7.87. The van der Waals surface area contributed by atoms with Crippen LogP contribution in [0.15, 0.2) is 53.9 Å². The molecule has 0 aliphatic heterocycles. The zero-order valence-corrected chi connectivity index (χ0v) is 15.2. The monoisotopic (exact) mass is 348 g/mol. The summed E-state index contributed by atoms with van der Waals surface area (Å²) in [5.74, 6) is 5.96. The first-order chi connectivity index (χ1) is 12.1. The minimum atomic E-state index is -0.0760. The molecule has 4 heteroatoms. The summed E-state index contributed by atoms with van der Waals surface area (Å²) >= 11 is 1.73. The predicted molar refractivity (Wildman–Crippen MR) is 103 cm³/mol. The van der Waals surface area contributed by atoms with Crippen molar-refractivity contribution in [2.24, 2.45) is 0 Å². The Balaban J connectivity index is 1.65. The van der Waals surface area contributed by atoms with Crippen LogP contribution in [0.4, 0.5) is 0 Å². The Labute approximate surface area is 152 Å². The first-order valence-corrected chi connectivity index (χ1v) is 9.04. The number of amides is 1. The van der Waals surface area contributed by atoms with Crippen LogP contribution in [-0.2, 0) is 6.54 Å². The number of hydrogen-bond donors (Lipinski definition) is 1. The summed E-state index contributed by atoms with van der Waals surface area (Å²) in [4.78, 5) is 13.7. The molecular weight excluding hydrogens is 328 g/mol. The van der Waals surface area contributed by atoms with Crippen LogP contribution in [-0.4, -0.2) is 17.0 Å². The average molecular weight is 348 g/mol. The molecule has 0 radical (unpaired) electrons. The maximum Gasteiger partial charge on any atom is 0.253 e. The highest BCUT2D eigenvalue weighted by Crippen LogP contribution is 2.19. The summed E-state index contributed by atoms with van der Waals surface area (Å²) in [5.41, 5.74) is 3.74. The van der Waals surface area contributed by atoms with Crippen LogP contribution in [0.2, 0.25) is 0 Å². The number of nitrogens with zero attached hydrogens (tertiary/aromatic N) is 1. The Bertz CT molecular complexity index is 912. The summed E-state index contributed by atoms with van der Waals surface area (Å²) in [7, 11) is 0.